The third-order valence-electron chi connectivity index (χ3n) is 2.01. The third kappa shape index (κ3) is 3.01. The summed E-state index contributed by atoms with van der Waals surface area (Å²) in [7, 11) is 0. The van der Waals surface area contributed by atoms with E-state index in [9.17, 15) is 4.91 Å². The maximum atomic E-state index is 10.9. The van der Waals surface area contributed by atoms with Gasteiger partial charge in [-0.15, -0.1) is 4.91 Å². The molecule has 1 aromatic rings. The first-order valence-electron chi connectivity index (χ1n) is 5.14. The van der Waals surface area contributed by atoms with Gasteiger partial charge in [0.1, 0.15) is 5.54 Å². The molecule has 18 heavy (non-hydrogen) atoms. The van der Waals surface area contributed by atoms with Gasteiger partial charge in [0, 0.05) is 6.54 Å². The lowest BCUT2D eigenvalue weighted by atomic mass is 10.1. The Kier molecular flexibility index (Phi) is 4.33. The molecule has 0 saturated heterocycles. The van der Waals surface area contributed by atoms with Gasteiger partial charge in [-0.2, -0.15) is 25.2 Å². The molecule has 1 heterocycles. The van der Waals surface area contributed by atoms with E-state index in [1.807, 2.05) is 13.0 Å². The van der Waals surface area contributed by atoms with Gasteiger partial charge in [-0.1, -0.05) is 0 Å². The summed E-state index contributed by atoms with van der Waals surface area (Å²) in [6.45, 7) is 5.46. The van der Waals surface area contributed by atoms with Crippen molar-refractivity contribution >= 4 is 23.5 Å². The summed E-state index contributed by atoms with van der Waals surface area (Å²) in [5, 5.41) is 15.4. The quantitative estimate of drug-likeness (QED) is 0.641. The van der Waals surface area contributed by atoms with Crippen LogP contribution in [-0.4, -0.2) is 27.0 Å². The molecule has 96 valence electrons. The van der Waals surface area contributed by atoms with Crippen molar-refractivity contribution in [3.63, 3.8) is 0 Å². The molecule has 0 aliphatic rings. The van der Waals surface area contributed by atoms with E-state index in [-0.39, 0.29) is 17.2 Å². The topological polar surface area (TPSA) is 107 Å². The predicted molar refractivity (Wildman–Crippen MR) is 67.0 cm³/mol. The monoisotopic (exact) mass is 269 g/mol. The van der Waals surface area contributed by atoms with Gasteiger partial charge in [0.2, 0.25) is 11.2 Å². The van der Waals surface area contributed by atoms with Crippen LogP contribution in [0.5, 0.6) is 0 Å². The Bertz CT molecular complexity index is 484. The Morgan fingerprint density at radius 2 is 2.17 bits per heavy atom. The van der Waals surface area contributed by atoms with Crippen LogP contribution in [0, 0.1) is 16.2 Å². The lowest BCUT2D eigenvalue weighted by Gasteiger charge is -2.24. The molecule has 8 nitrogen and oxygen atoms in total. The van der Waals surface area contributed by atoms with E-state index in [0.717, 1.165) is 5.01 Å². The molecule has 0 aliphatic carbocycles. The number of rotatable bonds is 5. The van der Waals surface area contributed by atoms with Crippen molar-refractivity contribution in [1.82, 2.24) is 15.0 Å². The van der Waals surface area contributed by atoms with E-state index in [0.29, 0.717) is 6.54 Å². The molecule has 0 spiro atoms. The molecule has 0 radical (unpaired) electrons. The lowest BCUT2D eigenvalue weighted by Crippen LogP contribution is -2.39. The van der Waals surface area contributed by atoms with Crippen LogP contribution in [0.15, 0.2) is 5.29 Å². The lowest BCUT2D eigenvalue weighted by molar-refractivity contribution is 0.570. The maximum absolute atomic E-state index is 10.9. The van der Waals surface area contributed by atoms with E-state index in [2.05, 4.69) is 25.6 Å². The van der Waals surface area contributed by atoms with Crippen molar-refractivity contribution in [3.05, 3.63) is 10.2 Å². The van der Waals surface area contributed by atoms with Gasteiger partial charge in [0.25, 0.3) is 5.95 Å². The fourth-order valence-electron chi connectivity index (χ4n) is 1.11. The van der Waals surface area contributed by atoms with Crippen LogP contribution < -0.4 is 10.3 Å². The fraction of sp³-hybridized carbons (Fsp3) is 0.556. The van der Waals surface area contributed by atoms with E-state index >= 15 is 0 Å². The van der Waals surface area contributed by atoms with E-state index in [1.165, 1.54) is 13.8 Å². The van der Waals surface area contributed by atoms with Crippen molar-refractivity contribution in [2.75, 3.05) is 16.9 Å². The van der Waals surface area contributed by atoms with E-state index < -0.39 is 5.54 Å². The van der Waals surface area contributed by atoms with Gasteiger partial charge in [-0.05, 0) is 32.4 Å². The molecular formula is C9H12ClN7O. The number of nitroso groups, excluding NO2 is 1. The zero-order chi connectivity index (χ0) is 13.8. The second-order valence-corrected chi connectivity index (χ2v) is 4.16. The molecule has 0 fully saturated rings. The van der Waals surface area contributed by atoms with Gasteiger partial charge >= 0.3 is 0 Å². The zero-order valence-electron chi connectivity index (χ0n) is 10.2. The highest BCUT2D eigenvalue weighted by Gasteiger charge is 2.31. The van der Waals surface area contributed by atoms with Crippen LogP contribution >= 0.6 is 11.6 Å². The summed E-state index contributed by atoms with van der Waals surface area (Å²) in [6.07, 6.45) is 0. The molecule has 1 N–H and O–H groups in total. The normalized spacial score (nSPS) is 10.6. The Labute approximate surface area is 109 Å². The molecule has 0 unspecified atom stereocenters. The minimum absolute atomic E-state index is 0.0764. The number of nitrogens with one attached hydrogen (secondary N) is 1. The number of nitrogens with zero attached hydrogens (tertiary/aromatic N) is 6. The molecule has 1 rings (SSSR count). The van der Waals surface area contributed by atoms with Gasteiger partial charge < -0.3 is 5.32 Å². The first-order valence-corrected chi connectivity index (χ1v) is 5.52. The Morgan fingerprint density at radius 3 is 2.67 bits per heavy atom. The van der Waals surface area contributed by atoms with Crippen LogP contribution in [0.4, 0.5) is 11.9 Å². The molecule has 0 bridgehead atoms. The number of hydrogen-bond acceptors (Lipinski definition) is 7. The molecule has 9 heteroatoms. The number of halogens is 1. The highest BCUT2D eigenvalue weighted by molar-refractivity contribution is 6.28. The molecule has 0 aromatic carbocycles. The average molecular weight is 270 g/mol. The van der Waals surface area contributed by atoms with Gasteiger partial charge in [-0.3, -0.25) is 0 Å². The average Bonchev–Trinajstić information content (AvgIpc) is 2.29. The van der Waals surface area contributed by atoms with Crippen molar-refractivity contribution in [1.29, 1.82) is 5.26 Å². The Morgan fingerprint density at radius 1 is 1.50 bits per heavy atom. The molecule has 0 atom stereocenters. The molecule has 0 aliphatic heterocycles. The number of hydrogen-bond donors (Lipinski definition) is 1. The van der Waals surface area contributed by atoms with Gasteiger partial charge in [0.15, 0.2) is 0 Å². The van der Waals surface area contributed by atoms with Crippen LogP contribution in [-0.2, 0) is 0 Å². The molecule has 1 aromatic heterocycles. The van der Waals surface area contributed by atoms with E-state index in [1.54, 1.807) is 0 Å². The van der Waals surface area contributed by atoms with Crippen molar-refractivity contribution in [2.24, 2.45) is 5.29 Å². The summed E-state index contributed by atoms with van der Waals surface area (Å²) in [5.74, 6) is 0.141. The number of aromatic nitrogens is 3. The standard InChI is InChI=1S/C9H12ClN7O/c1-4-12-7-13-6(10)14-8(15-7)17(16-18)9(2,3)5-11/h4H2,1-3H3,(H,12,13,14,15). The van der Waals surface area contributed by atoms with Crippen molar-refractivity contribution < 1.29 is 0 Å². The largest absolute Gasteiger partial charge is 0.354 e. The predicted octanol–water partition coefficient (Wildman–Crippen LogP) is 1.75. The van der Waals surface area contributed by atoms with E-state index in [4.69, 9.17) is 16.9 Å². The van der Waals surface area contributed by atoms with Crippen molar-refractivity contribution in [2.45, 2.75) is 26.3 Å². The number of anilines is 2. The fourth-order valence-corrected chi connectivity index (χ4v) is 1.26. The summed E-state index contributed by atoms with van der Waals surface area (Å²) in [6, 6.07) is 1.93. The summed E-state index contributed by atoms with van der Waals surface area (Å²) in [5.41, 5.74) is -1.18. The summed E-state index contributed by atoms with van der Waals surface area (Å²) >= 11 is 5.72. The van der Waals surface area contributed by atoms with Gasteiger partial charge in [-0.25, -0.2) is 0 Å². The first-order chi connectivity index (χ1) is 8.44. The smallest absolute Gasteiger partial charge is 0.256 e. The van der Waals surface area contributed by atoms with Crippen LogP contribution in [0.3, 0.4) is 0 Å². The minimum atomic E-state index is -1.18. The SMILES string of the molecule is CCNc1nc(Cl)nc(N(N=O)C(C)(C)C#N)n1. The highest BCUT2D eigenvalue weighted by atomic mass is 35.5. The molecule has 0 saturated carbocycles. The second-order valence-electron chi connectivity index (χ2n) is 3.82. The highest BCUT2D eigenvalue weighted by Crippen LogP contribution is 2.22. The zero-order valence-corrected chi connectivity index (χ0v) is 10.9. The second kappa shape index (κ2) is 5.55. The van der Waals surface area contributed by atoms with Crippen molar-refractivity contribution in [3.8, 4) is 6.07 Å². The van der Waals surface area contributed by atoms with Crippen LogP contribution in [0.1, 0.15) is 20.8 Å². The van der Waals surface area contributed by atoms with Crippen LogP contribution in [0.2, 0.25) is 5.28 Å². The first kappa shape index (κ1) is 14.1. The summed E-state index contributed by atoms with van der Waals surface area (Å²) < 4.78 is 0. The van der Waals surface area contributed by atoms with Crippen LogP contribution in [0.25, 0.3) is 0 Å². The Balaban J connectivity index is 3.22. The third-order valence-corrected chi connectivity index (χ3v) is 2.17. The number of nitriles is 1. The molecule has 0 amide bonds. The minimum Gasteiger partial charge on any atom is -0.354 e. The maximum Gasteiger partial charge on any atom is 0.256 e. The summed E-state index contributed by atoms with van der Waals surface area (Å²) in [4.78, 5) is 22.4. The van der Waals surface area contributed by atoms with Gasteiger partial charge in [0.05, 0.1) is 11.4 Å². The molecular weight excluding hydrogens is 258 g/mol. The Hall–Kier alpha value is -2.01.